The molecule has 0 bridgehead atoms. The van der Waals surface area contributed by atoms with Crippen LogP contribution in [0.3, 0.4) is 0 Å². The van der Waals surface area contributed by atoms with Gasteiger partial charge in [0.15, 0.2) is 0 Å². The third kappa shape index (κ3) is 6.63. The van der Waals surface area contributed by atoms with E-state index in [4.69, 9.17) is 10.2 Å². The molecular weight excluding hydrogens is 140 g/mol. The second kappa shape index (κ2) is 5.77. The summed E-state index contributed by atoms with van der Waals surface area (Å²) < 4.78 is -0.207. The van der Waals surface area contributed by atoms with Gasteiger partial charge in [-0.2, -0.15) is 0 Å². The third-order valence-corrected chi connectivity index (χ3v) is 1.34. The van der Waals surface area contributed by atoms with E-state index < -0.39 is 0 Å². The van der Waals surface area contributed by atoms with E-state index in [1.165, 1.54) is 0 Å². The third-order valence-electron chi connectivity index (χ3n) is 0.886. The number of aliphatic hydroxyl groups excluding tert-OH is 2. The Morgan fingerprint density at radius 2 is 2.00 bits per heavy atom. The molecule has 1 unspecified atom stereocenters. The SMILES string of the molecule is OCCCC[CH](O)[Ti]. The summed E-state index contributed by atoms with van der Waals surface area (Å²) in [5, 5.41) is 17.0. The molecule has 2 nitrogen and oxygen atoms in total. The molecule has 0 heterocycles. The molecule has 0 rings (SSSR count). The van der Waals surface area contributed by atoms with Crippen molar-refractivity contribution in [3.05, 3.63) is 0 Å². The Morgan fingerprint density at radius 3 is 2.38 bits per heavy atom. The second-order valence-electron chi connectivity index (χ2n) is 1.74. The molecule has 0 amide bonds. The molecule has 0 aromatic carbocycles. The van der Waals surface area contributed by atoms with Gasteiger partial charge < -0.3 is 0 Å². The molecule has 0 aliphatic carbocycles. The summed E-state index contributed by atoms with van der Waals surface area (Å²) in [5.41, 5.74) is 0. The van der Waals surface area contributed by atoms with Crippen molar-refractivity contribution in [3.8, 4) is 0 Å². The molecule has 0 aliphatic rings. The summed E-state index contributed by atoms with van der Waals surface area (Å²) in [6, 6.07) is 0. The van der Waals surface area contributed by atoms with Gasteiger partial charge in [-0.05, 0) is 0 Å². The van der Waals surface area contributed by atoms with Crippen molar-refractivity contribution in [1.29, 1.82) is 0 Å². The molecule has 0 aromatic rings. The van der Waals surface area contributed by atoms with Crippen LogP contribution in [0.4, 0.5) is 0 Å². The molecule has 47 valence electrons. The van der Waals surface area contributed by atoms with E-state index in [0.29, 0.717) is 0 Å². The Balaban J connectivity index is 2.72. The molecule has 0 spiro atoms. The molecule has 8 heavy (non-hydrogen) atoms. The first-order valence-electron chi connectivity index (χ1n) is 2.77. The second-order valence-corrected chi connectivity index (χ2v) is 2.78. The van der Waals surface area contributed by atoms with E-state index in [2.05, 4.69) is 0 Å². The van der Waals surface area contributed by atoms with Gasteiger partial charge in [0.05, 0.1) is 0 Å². The number of rotatable bonds is 4. The van der Waals surface area contributed by atoms with Gasteiger partial charge in [0.1, 0.15) is 0 Å². The van der Waals surface area contributed by atoms with Crippen LogP contribution in [0.25, 0.3) is 0 Å². The van der Waals surface area contributed by atoms with Crippen LogP contribution < -0.4 is 0 Å². The normalized spacial score (nSPS) is 13.6. The van der Waals surface area contributed by atoms with Crippen LogP contribution in [-0.4, -0.2) is 21.2 Å². The standard InChI is InChI=1S/C5H11O2.Ti/c6-4-2-1-3-5-7;/h4,6-7H,1-3,5H2;. The summed E-state index contributed by atoms with van der Waals surface area (Å²) in [6.07, 6.45) is 2.54. The van der Waals surface area contributed by atoms with Gasteiger partial charge in [0.25, 0.3) is 0 Å². The molecule has 0 saturated heterocycles. The van der Waals surface area contributed by atoms with Crippen LogP contribution in [0, 0.1) is 0 Å². The molecule has 3 heteroatoms. The van der Waals surface area contributed by atoms with Crippen molar-refractivity contribution < 1.29 is 30.6 Å². The van der Waals surface area contributed by atoms with Crippen LogP contribution in [0.2, 0.25) is 0 Å². The van der Waals surface area contributed by atoms with E-state index >= 15 is 0 Å². The minimum atomic E-state index is -0.207. The molecule has 0 saturated carbocycles. The average molecular weight is 151 g/mol. The number of hydrogen-bond donors (Lipinski definition) is 2. The van der Waals surface area contributed by atoms with Crippen molar-refractivity contribution in [2.75, 3.05) is 6.61 Å². The van der Waals surface area contributed by atoms with Crippen molar-refractivity contribution >= 4 is 0 Å². The molecule has 0 aromatic heterocycles. The van der Waals surface area contributed by atoms with Gasteiger partial charge in [0, 0.05) is 0 Å². The van der Waals surface area contributed by atoms with E-state index in [-0.39, 0.29) is 11.0 Å². The monoisotopic (exact) mass is 151 g/mol. The van der Waals surface area contributed by atoms with E-state index in [9.17, 15) is 0 Å². The Kier molecular flexibility index (Phi) is 6.22. The predicted octanol–water partition coefficient (Wildman–Crippen LogP) is 0.0142. The molecular formula is C5H11O2Ti. The Bertz CT molecular complexity index is 47.7. The average Bonchev–Trinajstić information content (AvgIpc) is 1.66. The van der Waals surface area contributed by atoms with Crippen LogP contribution in [0.5, 0.6) is 0 Å². The molecule has 0 aliphatic heterocycles. The first-order valence-corrected chi connectivity index (χ1v) is 3.67. The molecule has 1 atom stereocenters. The summed E-state index contributed by atoms with van der Waals surface area (Å²) in [4.78, 5) is 0. The zero-order valence-electron chi connectivity index (χ0n) is 4.80. The fraction of sp³-hybridized carbons (Fsp3) is 1.00. The Labute approximate surface area is 61.3 Å². The Hall–Kier alpha value is 0.634. The van der Waals surface area contributed by atoms with E-state index in [0.717, 1.165) is 19.3 Å². The maximum atomic E-state index is 8.70. The van der Waals surface area contributed by atoms with E-state index in [1.54, 1.807) is 20.4 Å². The van der Waals surface area contributed by atoms with Crippen molar-refractivity contribution in [1.82, 2.24) is 0 Å². The van der Waals surface area contributed by atoms with Crippen LogP contribution >= 0.6 is 0 Å². The van der Waals surface area contributed by atoms with Crippen molar-refractivity contribution in [2.45, 2.75) is 23.7 Å². The summed E-state index contributed by atoms with van der Waals surface area (Å²) in [5.74, 6) is 0. The first-order chi connectivity index (χ1) is 3.77. The summed E-state index contributed by atoms with van der Waals surface area (Å²) >= 11 is 1.76. The Morgan fingerprint density at radius 1 is 1.38 bits per heavy atom. The molecule has 2 N–H and O–H groups in total. The summed E-state index contributed by atoms with van der Waals surface area (Å²) in [7, 11) is 0. The maximum absolute atomic E-state index is 8.70. The van der Waals surface area contributed by atoms with Gasteiger partial charge in [-0.1, -0.05) is 0 Å². The van der Waals surface area contributed by atoms with Crippen molar-refractivity contribution in [2.24, 2.45) is 0 Å². The van der Waals surface area contributed by atoms with E-state index in [1.807, 2.05) is 0 Å². The number of hydrogen-bond acceptors (Lipinski definition) is 2. The predicted molar refractivity (Wildman–Crippen MR) is 26.9 cm³/mol. The van der Waals surface area contributed by atoms with Crippen molar-refractivity contribution in [3.63, 3.8) is 0 Å². The molecule has 0 fully saturated rings. The zero-order valence-corrected chi connectivity index (χ0v) is 6.36. The zero-order chi connectivity index (χ0) is 6.41. The first kappa shape index (κ1) is 8.63. The van der Waals surface area contributed by atoms with Crippen LogP contribution in [0.1, 0.15) is 19.3 Å². The fourth-order valence-electron chi connectivity index (χ4n) is 0.449. The van der Waals surface area contributed by atoms with Crippen LogP contribution in [-0.2, 0) is 20.4 Å². The minimum absolute atomic E-state index is 0.207. The fourth-order valence-corrected chi connectivity index (χ4v) is 0.768. The van der Waals surface area contributed by atoms with Crippen LogP contribution in [0.15, 0.2) is 0 Å². The van der Waals surface area contributed by atoms with Gasteiger partial charge in [-0.25, -0.2) is 0 Å². The van der Waals surface area contributed by atoms with Gasteiger partial charge in [-0.3, -0.25) is 0 Å². The summed E-state index contributed by atoms with van der Waals surface area (Å²) in [6.45, 7) is 0.243. The van der Waals surface area contributed by atoms with Gasteiger partial charge in [-0.15, -0.1) is 0 Å². The van der Waals surface area contributed by atoms with Gasteiger partial charge in [0.2, 0.25) is 0 Å². The molecule has 0 radical (unpaired) electrons. The quantitative estimate of drug-likeness (QED) is 0.439. The topological polar surface area (TPSA) is 40.5 Å². The number of unbranched alkanes of at least 4 members (excludes halogenated alkanes) is 1. The number of aliphatic hydroxyl groups is 2. The van der Waals surface area contributed by atoms with Gasteiger partial charge >= 0.3 is 60.9 Å².